The molecule has 0 aliphatic carbocycles. The SMILES string of the molecule is C=C(CC(C)(C)C1COC/C1=[CH]\[Sn]([CH2]CCC)([CH2]CCC)[CH2]CCC)C(=O)OC. The number of carbonyl (C=O) groups excluding carboxylic acids is 1. The van der Waals surface area contributed by atoms with Crippen molar-refractivity contribution < 1.29 is 14.3 Å². The Morgan fingerprint density at radius 1 is 1.14 bits per heavy atom. The summed E-state index contributed by atoms with van der Waals surface area (Å²) >= 11 is -2.37. The van der Waals surface area contributed by atoms with E-state index in [9.17, 15) is 4.79 Å². The minimum atomic E-state index is -2.37. The third kappa shape index (κ3) is 8.39. The van der Waals surface area contributed by atoms with Crippen LogP contribution in [0.1, 0.15) is 79.6 Å². The zero-order valence-corrected chi connectivity index (χ0v) is 22.9. The monoisotopic (exact) mass is 514 g/mol. The Morgan fingerprint density at radius 2 is 1.66 bits per heavy atom. The van der Waals surface area contributed by atoms with E-state index >= 15 is 0 Å². The van der Waals surface area contributed by atoms with Crippen LogP contribution >= 0.6 is 0 Å². The zero-order chi connectivity index (χ0) is 21.9. The van der Waals surface area contributed by atoms with E-state index in [0.717, 1.165) is 13.2 Å². The molecule has 0 bridgehead atoms. The van der Waals surface area contributed by atoms with Crippen LogP contribution in [0, 0.1) is 11.3 Å². The Morgan fingerprint density at radius 3 is 2.10 bits per heavy atom. The van der Waals surface area contributed by atoms with Crippen molar-refractivity contribution in [3.8, 4) is 0 Å². The molecule has 3 nitrogen and oxygen atoms in total. The Labute approximate surface area is 184 Å². The van der Waals surface area contributed by atoms with Crippen LogP contribution < -0.4 is 0 Å². The van der Waals surface area contributed by atoms with Crippen molar-refractivity contribution >= 4 is 24.3 Å². The molecule has 1 aliphatic rings. The summed E-state index contributed by atoms with van der Waals surface area (Å²) in [6.07, 6.45) is 8.68. The molecule has 0 radical (unpaired) electrons. The first-order valence-corrected chi connectivity index (χ1v) is 19.5. The standard InChI is InChI=1S/C13H19O3.3C4H9.Sn/c1-9(12(14)15-5)6-13(3,4)11-8-16-7-10(11)2;3*1-3-4-2;/h2,11H,1,6-8H2,3-5H3;3*1,3-4H2,2H3;. The van der Waals surface area contributed by atoms with Crippen LogP contribution in [-0.2, 0) is 14.3 Å². The molecule has 0 amide bonds. The van der Waals surface area contributed by atoms with Gasteiger partial charge in [0.15, 0.2) is 0 Å². The van der Waals surface area contributed by atoms with Crippen LogP contribution in [0.2, 0.25) is 13.3 Å². The molecule has 29 heavy (non-hydrogen) atoms. The fourth-order valence-corrected chi connectivity index (χ4v) is 20.3. The second kappa shape index (κ2) is 13.2. The second-order valence-corrected chi connectivity index (χ2v) is 22.6. The molecule has 0 aromatic carbocycles. The van der Waals surface area contributed by atoms with Gasteiger partial charge in [-0.25, -0.2) is 0 Å². The molecule has 4 heteroatoms. The molecule has 1 unspecified atom stereocenters. The Kier molecular flexibility index (Phi) is 12.2. The normalized spacial score (nSPS) is 19.0. The number of hydrogen-bond donors (Lipinski definition) is 0. The van der Waals surface area contributed by atoms with Crippen LogP contribution in [0.15, 0.2) is 21.8 Å². The number of methoxy groups -OCH3 is 1. The molecule has 0 saturated carbocycles. The van der Waals surface area contributed by atoms with E-state index < -0.39 is 18.4 Å². The number of unbranched alkanes of at least 4 members (excludes halogenated alkanes) is 3. The van der Waals surface area contributed by atoms with Gasteiger partial charge in [-0.15, -0.1) is 0 Å². The van der Waals surface area contributed by atoms with E-state index in [1.807, 2.05) is 0 Å². The van der Waals surface area contributed by atoms with Gasteiger partial charge in [0.2, 0.25) is 0 Å². The van der Waals surface area contributed by atoms with Gasteiger partial charge >= 0.3 is 185 Å². The predicted octanol–water partition coefficient (Wildman–Crippen LogP) is 7.09. The van der Waals surface area contributed by atoms with Gasteiger partial charge in [0.25, 0.3) is 0 Å². The first-order valence-electron chi connectivity index (χ1n) is 11.8. The Balaban J connectivity index is 3.16. The quantitative estimate of drug-likeness (QED) is 0.141. The van der Waals surface area contributed by atoms with Gasteiger partial charge in [0.1, 0.15) is 0 Å². The topological polar surface area (TPSA) is 35.5 Å². The summed E-state index contributed by atoms with van der Waals surface area (Å²) < 4.78 is 18.2. The summed E-state index contributed by atoms with van der Waals surface area (Å²) in [5, 5.41) is 0. The summed E-state index contributed by atoms with van der Waals surface area (Å²) in [6.45, 7) is 17.0. The number of hydrogen-bond acceptors (Lipinski definition) is 3. The molecule has 168 valence electrons. The summed E-state index contributed by atoms with van der Waals surface area (Å²) in [4.78, 5) is 11.9. The molecule has 0 aromatic heterocycles. The van der Waals surface area contributed by atoms with Crippen molar-refractivity contribution in [2.45, 2.75) is 92.9 Å². The van der Waals surface area contributed by atoms with Crippen LogP contribution in [0.5, 0.6) is 0 Å². The fraction of sp³-hybridized carbons (Fsp3) is 0.800. The van der Waals surface area contributed by atoms with Gasteiger partial charge < -0.3 is 0 Å². The van der Waals surface area contributed by atoms with Crippen LogP contribution in [0.3, 0.4) is 0 Å². The molecule has 1 heterocycles. The summed E-state index contributed by atoms with van der Waals surface area (Å²) in [7, 11) is 1.43. The van der Waals surface area contributed by atoms with Crippen molar-refractivity contribution in [1.29, 1.82) is 0 Å². The van der Waals surface area contributed by atoms with Crippen molar-refractivity contribution in [3.63, 3.8) is 0 Å². The van der Waals surface area contributed by atoms with Gasteiger partial charge in [0.05, 0.1) is 0 Å². The van der Waals surface area contributed by atoms with Crippen LogP contribution in [0.4, 0.5) is 0 Å². The van der Waals surface area contributed by atoms with E-state index in [4.69, 9.17) is 9.47 Å². The molecule has 1 rings (SSSR count). The number of esters is 1. The second-order valence-electron chi connectivity index (χ2n) is 9.72. The van der Waals surface area contributed by atoms with Gasteiger partial charge in [0, 0.05) is 0 Å². The molecule has 0 N–H and O–H groups in total. The third-order valence-electron chi connectivity index (χ3n) is 6.66. The number of ether oxygens (including phenoxy) is 2. The van der Waals surface area contributed by atoms with Crippen molar-refractivity contribution in [2.75, 3.05) is 20.3 Å². The van der Waals surface area contributed by atoms with Crippen molar-refractivity contribution in [2.24, 2.45) is 11.3 Å². The third-order valence-corrected chi connectivity index (χ3v) is 21.0. The average molecular weight is 513 g/mol. The maximum atomic E-state index is 11.9. The molecule has 1 atom stereocenters. The van der Waals surface area contributed by atoms with Gasteiger partial charge in [-0.2, -0.15) is 0 Å². The van der Waals surface area contributed by atoms with Gasteiger partial charge in [-0.05, 0) is 0 Å². The van der Waals surface area contributed by atoms with Crippen LogP contribution in [-0.4, -0.2) is 44.7 Å². The summed E-state index contributed by atoms with van der Waals surface area (Å²) in [6, 6.07) is 0. The first-order chi connectivity index (χ1) is 13.7. The van der Waals surface area contributed by atoms with Gasteiger partial charge in [-0.1, -0.05) is 0 Å². The molecular formula is C25H46O3Sn. The van der Waals surface area contributed by atoms with Crippen molar-refractivity contribution in [1.82, 2.24) is 0 Å². The van der Waals surface area contributed by atoms with E-state index in [1.165, 1.54) is 64.5 Å². The summed E-state index contributed by atoms with van der Waals surface area (Å²) in [5.74, 6) is 0.0924. The molecule has 1 fully saturated rings. The summed E-state index contributed by atoms with van der Waals surface area (Å²) in [5.41, 5.74) is 2.05. The number of rotatable bonds is 14. The van der Waals surface area contributed by atoms with Crippen molar-refractivity contribution in [3.05, 3.63) is 21.8 Å². The molecule has 0 aromatic rings. The maximum absolute atomic E-state index is 11.9. The molecular weight excluding hydrogens is 467 g/mol. The van der Waals surface area contributed by atoms with E-state index in [1.54, 1.807) is 0 Å². The van der Waals surface area contributed by atoms with E-state index in [2.05, 4.69) is 45.3 Å². The minimum absolute atomic E-state index is 0.0501. The molecule has 1 aliphatic heterocycles. The average Bonchev–Trinajstić information content (AvgIpc) is 3.16. The Hall–Kier alpha value is -0.291. The fourth-order valence-electron chi connectivity index (χ4n) is 4.83. The predicted molar refractivity (Wildman–Crippen MR) is 127 cm³/mol. The molecule has 0 spiro atoms. The Bertz CT molecular complexity index is 528. The molecule has 1 saturated heterocycles. The first kappa shape index (κ1) is 26.7. The number of carbonyl (C=O) groups is 1. The van der Waals surface area contributed by atoms with E-state index in [0.29, 0.717) is 17.9 Å². The van der Waals surface area contributed by atoms with Gasteiger partial charge in [-0.3, -0.25) is 0 Å². The zero-order valence-electron chi connectivity index (χ0n) is 20.1. The van der Waals surface area contributed by atoms with E-state index in [-0.39, 0.29) is 11.4 Å². The van der Waals surface area contributed by atoms with Crippen LogP contribution in [0.25, 0.3) is 0 Å².